The van der Waals surface area contributed by atoms with E-state index in [1.54, 1.807) is 23.2 Å². The van der Waals surface area contributed by atoms with Gasteiger partial charge >= 0.3 is 6.09 Å². The summed E-state index contributed by atoms with van der Waals surface area (Å²) in [4.78, 5) is 18.5. The molecule has 2 aromatic heterocycles. The first-order chi connectivity index (χ1) is 12.0. The Kier molecular flexibility index (Phi) is 4.81. The lowest BCUT2D eigenvalue weighted by molar-refractivity contribution is 0.0221. The Morgan fingerprint density at radius 2 is 2.04 bits per heavy atom. The van der Waals surface area contributed by atoms with Crippen molar-refractivity contribution in [3.05, 3.63) is 28.5 Å². The van der Waals surface area contributed by atoms with E-state index >= 15 is 0 Å². The third-order valence-corrected chi connectivity index (χ3v) is 5.66. The molecule has 1 fully saturated rings. The second kappa shape index (κ2) is 6.53. The average molecular weight is 444 g/mol. The fraction of sp³-hybridized carbons (Fsp3) is 0.529. The highest BCUT2D eigenvalue weighted by Crippen LogP contribution is 2.37. The van der Waals surface area contributed by atoms with E-state index in [0.717, 1.165) is 12.7 Å². The summed E-state index contributed by atoms with van der Waals surface area (Å²) >= 11 is 3.34. The van der Waals surface area contributed by atoms with Crippen LogP contribution >= 0.6 is 15.9 Å². The van der Waals surface area contributed by atoms with Gasteiger partial charge in [0, 0.05) is 17.2 Å². The summed E-state index contributed by atoms with van der Waals surface area (Å²) in [6, 6.07) is 3.10. The molecule has 1 saturated heterocycles. The third-order valence-electron chi connectivity index (χ3n) is 4.16. The van der Waals surface area contributed by atoms with Crippen LogP contribution in [0.2, 0.25) is 0 Å². The number of aromatic nitrogens is 2. The molecule has 2 aromatic rings. The molecule has 0 radical (unpaired) electrons. The predicted octanol–water partition coefficient (Wildman–Crippen LogP) is 3.68. The lowest BCUT2D eigenvalue weighted by atomic mass is 10.1. The van der Waals surface area contributed by atoms with Crippen LogP contribution in [0.4, 0.5) is 4.79 Å². The summed E-state index contributed by atoms with van der Waals surface area (Å²) in [5.41, 5.74) is 0.995. The molecule has 7 nitrogen and oxygen atoms in total. The first-order valence-corrected chi connectivity index (χ1v) is 11.0. The number of likely N-dealkylation sites (tertiary alicyclic amines) is 1. The summed E-state index contributed by atoms with van der Waals surface area (Å²) in [6.07, 6.45) is 3.81. The van der Waals surface area contributed by atoms with Gasteiger partial charge in [0.1, 0.15) is 5.60 Å². The molecule has 0 unspecified atom stereocenters. The SMILES string of the molecule is CC(C)(C)OC(=O)N1CCC[C@@H]1c1cc2ncc(Br)cc2n1S(C)(=O)=O. The zero-order chi connectivity index (χ0) is 19.3. The summed E-state index contributed by atoms with van der Waals surface area (Å²) in [5, 5.41) is 0. The van der Waals surface area contributed by atoms with Crippen LogP contribution in [-0.4, -0.2) is 46.8 Å². The van der Waals surface area contributed by atoms with Crippen molar-refractivity contribution in [2.45, 2.75) is 45.3 Å². The lowest BCUT2D eigenvalue weighted by Crippen LogP contribution is -2.37. The maximum Gasteiger partial charge on any atom is 0.410 e. The second-order valence-electron chi connectivity index (χ2n) is 7.49. The van der Waals surface area contributed by atoms with E-state index < -0.39 is 21.7 Å². The number of ether oxygens (including phenoxy) is 1. The van der Waals surface area contributed by atoms with E-state index in [1.165, 1.54) is 3.97 Å². The van der Waals surface area contributed by atoms with E-state index in [1.807, 2.05) is 20.8 Å². The molecule has 0 aliphatic carbocycles. The van der Waals surface area contributed by atoms with Gasteiger partial charge in [0.25, 0.3) is 0 Å². The van der Waals surface area contributed by atoms with Crippen molar-refractivity contribution in [1.29, 1.82) is 0 Å². The minimum Gasteiger partial charge on any atom is -0.444 e. The maximum absolute atomic E-state index is 12.6. The monoisotopic (exact) mass is 443 g/mol. The molecule has 0 aromatic carbocycles. The number of rotatable bonds is 2. The average Bonchev–Trinajstić information content (AvgIpc) is 3.07. The number of halogens is 1. The summed E-state index contributed by atoms with van der Waals surface area (Å²) in [5.74, 6) is 0. The fourth-order valence-electron chi connectivity index (χ4n) is 3.27. The largest absolute Gasteiger partial charge is 0.444 e. The number of hydrogen-bond donors (Lipinski definition) is 0. The summed E-state index contributed by atoms with van der Waals surface area (Å²) in [7, 11) is -3.58. The molecule has 3 rings (SSSR count). The van der Waals surface area contributed by atoms with Gasteiger partial charge < -0.3 is 4.74 Å². The van der Waals surface area contributed by atoms with Crippen molar-refractivity contribution in [2.75, 3.05) is 12.8 Å². The second-order valence-corrected chi connectivity index (χ2v) is 10.2. The molecule has 1 aliphatic rings. The van der Waals surface area contributed by atoms with Crippen LogP contribution in [0.1, 0.15) is 45.3 Å². The van der Waals surface area contributed by atoms with Gasteiger partial charge in [-0.15, -0.1) is 0 Å². The van der Waals surface area contributed by atoms with Crippen LogP contribution in [0.5, 0.6) is 0 Å². The number of pyridine rings is 1. The van der Waals surface area contributed by atoms with E-state index in [-0.39, 0.29) is 6.04 Å². The normalized spacial score (nSPS) is 18.5. The van der Waals surface area contributed by atoms with Crippen molar-refractivity contribution >= 4 is 43.1 Å². The molecular formula is C17H22BrN3O4S. The molecule has 0 N–H and O–H groups in total. The Labute approximate surface area is 161 Å². The van der Waals surface area contributed by atoms with Crippen LogP contribution in [0.25, 0.3) is 11.0 Å². The summed E-state index contributed by atoms with van der Waals surface area (Å²) in [6.45, 7) is 5.96. The predicted molar refractivity (Wildman–Crippen MR) is 103 cm³/mol. The van der Waals surface area contributed by atoms with Gasteiger partial charge in [-0.2, -0.15) is 0 Å². The van der Waals surface area contributed by atoms with Crippen molar-refractivity contribution in [2.24, 2.45) is 0 Å². The van der Waals surface area contributed by atoms with E-state index in [0.29, 0.717) is 34.2 Å². The first kappa shape index (κ1) is 19.2. The van der Waals surface area contributed by atoms with Gasteiger partial charge in [0.2, 0.25) is 10.0 Å². The maximum atomic E-state index is 12.6. The topological polar surface area (TPSA) is 81.5 Å². The standard InChI is InChI=1S/C17H22BrN3O4S/c1-17(2,3)25-16(22)20-7-5-6-13(20)15-9-12-14(8-11(18)10-19-12)21(15)26(4,23)24/h8-10,13H,5-7H2,1-4H3/t13-/m1/s1. The van der Waals surface area contributed by atoms with Gasteiger partial charge in [-0.25, -0.2) is 17.2 Å². The highest BCUT2D eigenvalue weighted by atomic mass is 79.9. The molecule has 26 heavy (non-hydrogen) atoms. The Morgan fingerprint density at radius 3 is 2.65 bits per heavy atom. The Bertz CT molecular complexity index is 962. The molecule has 0 saturated carbocycles. The molecule has 142 valence electrons. The van der Waals surface area contributed by atoms with Crippen molar-refractivity contribution in [1.82, 2.24) is 13.9 Å². The number of hydrogen-bond acceptors (Lipinski definition) is 5. The molecule has 1 atom stereocenters. The first-order valence-electron chi connectivity index (χ1n) is 8.34. The Balaban J connectivity index is 2.11. The Hall–Kier alpha value is -1.61. The van der Waals surface area contributed by atoms with Crippen molar-refractivity contribution in [3.63, 3.8) is 0 Å². The number of nitrogens with zero attached hydrogens (tertiary/aromatic N) is 3. The van der Waals surface area contributed by atoms with Crippen LogP contribution < -0.4 is 0 Å². The van der Waals surface area contributed by atoms with Gasteiger partial charge in [-0.1, -0.05) is 0 Å². The van der Waals surface area contributed by atoms with Gasteiger partial charge in [0.05, 0.1) is 29.0 Å². The number of carbonyl (C=O) groups is 1. The lowest BCUT2D eigenvalue weighted by Gasteiger charge is -2.29. The highest BCUT2D eigenvalue weighted by Gasteiger charge is 2.36. The molecule has 0 spiro atoms. The zero-order valence-electron chi connectivity index (χ0n) is 15.2. The number of fused-ring (bicyclic) bond motifs is 1. The van der Waals surface area contributed by atoms with Crippen molar-refractivity contribution in [3.8, 4) is 0 Å². The third kappa shape index (κ3) is 3.73. The minimum atomic E-state index is -3.58. The molecule has 9 heteroatoms. The molecule has 0 bridgehead atoms. The van der Waals surface area contributed by atoms with E-state index in [4.69, 9.17) is 4.74 Å². The molecular weight excluding hydrogens is 422 g/mol. The smallest absolute Gasteiger partial charge is 0.410 e. The van der Waals surface area contributed by atoms with Gasteiger partial charge in [-0.3, -0.25) is 9.88 Å². The van der Waals surface area contributed by atoms with Crippen LogP contribution in [-0.2, 0) is 14.8 Å². The molecule has 1 amide bonds. The number of amides is 1. The van der Waals surface area contributed by atoms with E-state index in [2.05, 4.69) is 20.9 Å². The van der Waals surface area contributed by atoms with Gasteiger partial charge in [-0.05, 0) is 61.7 Å². The van der Waals surface area contributed by atoms with Crippen LogP contribution in [0, 0.1) is 0 Å². The van der Waals surface area contributed by atoms with Crippen LogP contribution in [0.3, 0.4) is 0 Å². The van der Waals surface area contributed by atoms with Gasteiger partial charge in [0.15, 0.2) is 0 Å². The fourth-order valence-corrected chi connectivity index (χ4v) is 4.65. The number of carbonyl (C=O) groups excluding carboxylic acids is 1. The highest BCUT2D eigenvalue weighted by molar-refractivity contribution is 9.10. The quantitative estimate of drug-likeness (QED) is 0.706. The molecule has 3 heterocycles. The van der Waals surface area contributed by atoms with Crippen molar-refractivity contribution < 1.29 is 17.9 Å². The minimum absolute atomic E-state index is 0.368. The summed E-state index contributed by atoms with van der Waals surface area (Å²) < 4.78 is 32.4. The Morgan fingerprint density at radius 1 is 1.35 bits per heavy atom. The zero-order valence-corrected chi connectivity index (χ0v) is 17.6. The molecule has 1 aliphatic heterocycles. The van der Waals surface area contributed by atoms with Crippen LogP contribution in [0.15, 0.2) is 22.8 Å². The van der Waals surface area contributed by atoms with E-state index in [9.17, 15) is 13.2 Å².